The second-order valence-corrected chi connectivity index (χ2v) is 10.9. The summed E-state index contributed by atoms with van der Waals surface area (Å²) in [6.07, 6.45) is -0.126. The van der Waals surface area contributed by atoms with Crippen LogP contribution in [0.1, 0.15) is 29.0 Å². The number of hydrogen-bond donors (Lipinski definition) is 2. The molecule has 234 valence electrons. The summed E-state index contributed by atoms with van der Waals surface area (Å²) in [4.78, 5) is 28.4. The fourth-order valence-corrected chi connectivity index (χ4v) is 5.66. The number of morpholine rings is 1. The summed E-state index contributed by atoms with van der Waals surface area (Å²) in [5, 5.41) is 3.36. The third kappa shape index (κ3) is 7.94. The van der Waals surface area contributed by atoms with Crippen LogP contribution in [-0.4, -0.2) is 57.1 Å². The predicted octanol–water partition coefficient (Wildman–Crippen LogP) is 5.45. The fraction of sp³-hybridized carbons (Fsp3) is 0.278. The maximum atomic E-state index is 14.2. The van der Waals surface area contributed by atoms with E-state index in [4.69, 9.17) is 19.9 Å². The quantitative estimate of drug-likeness (QED) is 0.232. The van der Waals surface area contributed by atoms with Crippen molar-refractivity contribution >= 4 is 17.7 Å². The fourth-order valence-electron chi connectivity index (χ4n) is 5.66. The molecule has 1 fully saturated rings. The number of nitrogens with two attached hydrogens (primary N) is 1. The number of ether oxygens (including phenoxy) is 3. The highest BCUT2D eigenvalue weighted by molar-refractivity contribution is 6.15. The number of carbonyl (C=O) groups excluding carboxylic acids is 2. The third-order valence-electron chi connectivity index (χ3n) is 7.90. The highest BCUT2D eigenvalue weighted by Gasteiger charge is 2.36. The highest BCUT2D eigenvalue weighted by Crippen LogP contribution is 2.31. The lowest BCUT2D eigenvalue weighted by atomic mass is 9.84. The van der Waals surface area contributed by atoms with Gasteiger partial charge in [-0.1, -0.05) is 91.0 Å². The Labute approximate surface area is 262 Å². The summed E-state index contributed by atoms with van der Waals surface area (Å²) in [6, 6.07) is 31.5. The van der Waals surface area contributed by atoms with Gasteiger partial charge >= 0.3 is 6.09 Å². The van der Waals surface area contributed by atoms with E-state index >= 15 is 0 Å². The summed E-state index contributed by atoms with van der Waals surface area (Å²) in [7, 11) is 1.24. The van der Waals surface area contributed by atoms with E-state index in [1.807, 2.05) is 72.8 Å². The van der Waals surface area contributed by atoms with Gasteiger partial charge < -0.3 is 25.3 Å². The molecule has 4 aromatic rings. The number of benzene rings is 4. The second kappa shape index (κ2) is 15.4. The van der Waals surface area contributed by atoms with Crippen molar-refractivity contribution in [3.05, 3.63) is 132 Å². The number of rotatable bonds is 11. The number of aryl methyl sites for hydroxylation is 1. The van der Waals surface area contributed by atoms with Crippen molar-refractivity contribution in [3.63, 3.8) is 0 Å². The largest absolute Gasteiger partial charge is 0.488 e. The molecule has 45 heavy (non-hydrogen) atoms. The smallest absolute Gasteiger partial charge is 0.420 e. The zero-order valence-electron chi connectivity index (χ0n) is 25.2. The number of hydrogen-bond acceptors (Lipinski definition) is 7. The van der Waals surface area contributed by atoms with E-state index in [-0.39, 0.29) is 24.6 Å². The summed E-state index contributed by atoms with van der Waals surface area (Å²) >= 11 is 0. The average Bonchev–Trinajstić information content (AvgIpc) is 3.08. The van der Waals surface area contributed by atoms with E-state index in [1.165, 1.54) is 13.2 Å². The molecule has 2 amide bonds. The molecule has 4 aromatic carbocycles. The molecule has 1 aliphatic rings. The highest BCUT2D eigenvalue weighted by atomic mass is 19.1. The van der Waals surface area contributed by atoms with E-state index < -0.39 is 29.8 Å². The van der Waals surface area contributed by atoms with Crippen molar-refractivity contribution < 1.29 is 28.2 Å². The second-order valence-electron chi connectivity index (χ2n) is 10.9. The van der Waals surface area contributed by atoms with Crippen LogP contribution in [0, 0.1) is 5.82 Å². The molecule has 0 unspecified atom stereocenters. The molecule has 0 radical (unpaired) electrons. The maximum Gasteiger partial charge on any atom is 0.420 e. The van der Waals surface area contributed by atoms with Crippen molar-refractivity contribution in [2.24, 2.45) is 5.73 Å². The Bertz CT molecular complexity index is 1520. The van der Waals surface area contributed by atoms with Crippen molar-refractivity contribution in [2.45, 2.75) is 37.0 Å². The molecule has 0 saturated carbocycles. The van der Waals surface area contributed by atoms with Crippen LogP contribution in [0.2, 0.25) is 0 Å². The van der Waals surface area contributed by atoms with Crippen LogP contribution in [0.15, 0.2) is 109 Å². The summed E-state index contributed by atoms with van der Waals surface area (Å²) in [5.41, 5.74) is 9.63. The molecule has 0 bridgehead atoms. The lowest BCUT2D eigenvalue weighted by Gasteiger charge is -2.32. The van der Waals surface area contributed by atoms with Crippen molar-refractivity contribution in [3.8, 4) is 5.75 Å². The van der Waals surface area contributed by atoms with Crippen LogP contribution in [0.3, 0.4) is 0 Å². The van der Waals surface area contributed by atoms with E-state index in [0.29, 0.717) is 31.6 Å². The number of para-hydroxylation sites is 2. The Morgan fingerprint density at radius 1 is 0.889 bits per heavy atom. The standard InChI is InChI=1S/C36H38FN3O5/c1-43-36(42)40(35(41)34(38)33(26-13-4-2-5-14-26)27-15-6-3-7-16-27)31-18-10-8-12-25(31)20-21-28-22-39-23-29(45-28)24-44-32-19-11-9-17-30(32)37/h2-19,28-29,33-34,39H,20-24,38H2,1H3/t28-,29+,34+/m1/s1. The molecular formula is C36H38FN3O5. The lowest BCUT2D eigenvalue weighted by Crippen LogP contribution is -2.50. The van der Waals surface area contributed by atoms with E-state index in [2.05, 4.69) is 5.32 Å². The number of carbonyl (C=O) groups is 2. The van der Waals surface area contributed by atoms with Crippen LogP contribution < -0.4 is 20.7 Å². The first kappa shape index (κ1) is 31.8. The van der Waals surface area contributed by atoms with E-state index in [9.17, 15) is 14.0 Å². The summed E-state index contributed by atoms with van der Waals surface area (Å²) in [5.74, 6) is -1.31. The van der Waals surface area contributed by atoms with Gasteiger partial charge in [0.25, 0.3) is 5.91 Å². The van der Waals surface area contributed by atoms with Gasteiger partial charge in [-0.15, -0.1) is 0 Å². The Morgan fingerprint density at radius 2 is 1.49 bits per heavy atom. The predicted molar refractivity (Wildman–Crippen MR) is 171 cm³/mol. The Hall–Kier alpha value is -4.57. The van der Waals surface area contributed by atoms with Crippen molar-refractivity contribution in [2.75, 3.05) is 31.7 Å². The van der Waals surface area contributed by atoms with Gasteiger partial charge in [0.2, 0.25) is 0 Å². The van der Waals surface area contributed by atoms with Gasteiger partial charge in [0, 0.05) is 19.0 Å². The van der Waals surface area contributed by atoms with E-state index in [0.717, 1.165) is 21.6 Å². The summed E-state index contributed by atoms with van der Waals surface area (Å²) in [6.45, 7) is 1.40. The molecule has 0 spiro atoms. The number of anilines is 1. The van der Waals surface area contributed by atoms with Gasteiger partial charge in [-0.2, -0.15) is 0 Å². The molecule has 1 aliphatic heterocycles. The van der Waals surface area contributed by atoms with E-state index in [1.54, 1.807) is 30.3 Å². The first-order valence-electron chi connectivity index (χ1n) is 15.0. The molecule has 8 nitrogen and oxygen atoms in total. The minimum Gasteiger partial charge on any atom is -0.488 e. The third-order valence-corrected chi connectivity index (χ3v) is 7.90. The van der Waals surface area contributed by atoms with Crippen LogP contribution in [0.4, 0.5) is 14.9 Å². The van der Waals surface area contributed by atoms with Crippen LogP contribution in [0.25, 0.3) is 0 Å². The zero-order chi connectivity index (χ0) is 31.6. The van der Waals surface area contributed by atoms with Crippen LogP contribution >= 0.6 is 0 Å². The summed E-state index contributed by atoms with van der Waals surface area (Å²) < 4.78 is 31.0. The monoisotopic (exact) mass is 611 g/mol. The van der Waals surface area contributed by atoms with Gasteiger partial charge in [0.15, 0.2) is 11.6 Å². The SMILES string of the molecule is COC(=O)N(C(=O)[C@@H](N)C(c1ccccc1)c1ccccc1)c1ccccc1CC[C@@H]1CNC[C@@H](COc2ccccc2F)O1. The molecule has 1 saturated heterocycles. The Morgan fingerprint density at radius 3 is 2.16 bits per heavy atom. The molecule has 5 rings (SSSR count). The van der Waals surface area contributed by atoms with Crippen molar-refractivity contribution in [1.29, 1.82) is 0 Å². The zero-order valence-corrected chi connectivity index (χ0v) is 25.2. The molecule has 3 atom stereocenters. The molecule has 0 aliphatic carbocycles. The number of imide groups is 1. The van der Waals surface area contributed by atoms with Gasteiger partial charge in [0.05, 0.1) is 24.9 Å². The average molecular weight is 612 g/mol. The van der Waals surface area contributed by atoms with Gasteiger partial charge in [-0.3, -0.25) is 4.79 Å². The Balaban J connectivity index is 1.32. The number of amides is 2. The molecular weight excluding hydrogens is 573 g/mol. The molecule has 1 heterocycles. The first-order valence-corrected chi connectivity index (χ1v) is 15.0. The lowest BCUT2D eigenvalue weighted by molar-refractivity contribution is -0.119. The number of nitrogens with zero attached hydrogens (tertiary/aromatic N) is 1. The number of nitrogens with one attached hydrogen (secondary N) is 1. The van der Waals surface area contributed by atoms with Crippen LogP contribution in [-0.2, 0) is 20.7 Å². The normalized spacial score (nSPS) is 17.0. The molecule has 3 N–H and O–H groups in total. The minimum atomic E-state index is -1.08. The minimum absolute atomic E-state index is 0.161. The first-order chi connectivity index (χ1) is 22.0. The van der Waals surface area contributed by atoms with Gasteiger partial charge in [0.1, 0.15) is 12.7 Å². The van der Waals surface area contributed by atoms with Crippen LogP contribution in [0.5, 0.6) is 5.75 Å². The topological polar surface area (TPSA) is 103 Å². The maximum absolute atomic E-state index is 14.2. The molecule has 9 heteroatoms. The van der Waals surface area contributed by atoms with Gasteiger partial charge in [-0.05, 0) is 47.7 Å². The number of halogens is 1. The van der Waals surface area contributed by atoms with Gasteiger partial charge in [-0.25, -0.2) is 14.1 Å². The molecule has 0 aromatic heterocycles. The Kier molecular flexibility index (Phi) is 10.9. The number of methoxy groups -OCH3 is 1. The van der Waals surface area contributed by atoms with Crippen molar-refractivity contribution in [1.82, 2.24) is 5.32 Å².